The molecule has 0 fully saturated rings. The van der Waals surface area contributed by atoms with Crippen molar-refractivity contribution >= 4 is 51.2 Å². The van der Waals surface area contributed by atoms with Crippen LogP contribution in [0.1, 0.15) is 0 Å². The molecule has 0 rings (SSSR count). The zero-order valence-electron chi connectivity index (χ0n) is 8.86. The number of hydrogen-bond acceptors (Lipinski definition) is 8. The van der Waals surface area contributed by atoms with Crippen LogP contribution in [0.4, 0.5) is 26.1 Å². The summed E-state index contributed by atoms with van der Waals surface area (Å²) < 4.78 is 87.9. The Morgan fingerprint density at radius 2 is 0.762 bits per heavy atom. The molecular formula is CH8B3F6LiO9S. The molecule has 20 heteroatoms. The van der Waals surface area contributed by atoms with Crippen molar-refractivity contribution in [3.05, 3.63) is 0 Å². The van der Waals surface area contributed by atoms with Crippen molar-refractivity contribution in [1.82, 2.24) is 0 Å². The molecule has 0 aliphatic heterocycles. The van der Waals surface area contributed by atoms with E-state index >= 15 is 0 Å². The van der Waals surface area contributed by atoms with Crippen LogP contribution in [-0.2, 0) is 10.1 Å². The Kier molecular flexibility index (Phi) is 25.7. The number of halogens is 6. The van der Waals surface area contributed by atoms with Crippen LogP contribution in [-0.4, -0.2) is 89.7 Å². The molecule has 0 amide bonds. The Balaban J connectivity index is -0.0000000570. The molecule has 0 saturated carbocycles. The van der Waals surface area contributed by atoms with Gasteiger partial charge in [0.1, 0.15) is 0 Å². The van der Waals surface area contributed by atoms with Gasteiger partial charge in [-0.1, -0.05) is 0 Å². The van der Waals surface area contributed by atoms with E-state index in [4.69, 9.17) is 43.1 Å². The van der Waals surface area contributed by atoms with Crippen LogP contribution in [0.3, 0.4) is 0 Å². The molecule has 0 aromatic heterocycles. The predicted molar refractivity (Wildman–Crippen MR) is 58.7 cm³/mol. The van der Waals surface area contributed by atoms with Gasteiger partial charge >= 0.3 is 56.7 Å². The molecule has 0 atom stereocenters. The zero-order valence-corrected chi connectivity index (χ0v) is 9.67. The van der Waals surface area contributed by atoms with Gasteiger partial charge in [0.25, 0.3) is 0 Å². The van der Waals surface area contributed by atoms with Gasteiger partial charge in [0.2, 0.25) is 0 Å². The molecule has 0 aliphatic rings. The second kappa shape index (κ2) is 16.4. The van der Waals surface area contributed by atoms with Crippen LogP contribution < -0.4 is 0 Å². The molecule has 0 radical (unpaired) electrons. The summed E-state index contributed by atoms with van der Waals surface area (Å²) in [4.78, 5) is 0. The summed E-state index contributed by atoms with van der Waals surface area (Å²) in [5, 5.41) is 41.7. The van der Waals surface area contributed by atoms with Crippen LogP contribution in [0.15, 0.2) is 0 Å². The fraction of sp³-hybridized carbons (Fsp3) is 1.00. The standard InChI is InChI=1S/CHF3O3S.3BFH2O2.Li.H/c2-1(3,4)8(5,6)7;3*2-1(3)4;;/h(H,5,6,7);3*3-4H;;. The SMILES string of the molecule is O=S(=O)(O)C(F)(F)F.OB(O)F.OB(O)F.OB(O)F.[LiH]. The third kappa shape index (κ3) is 79.8. The first-order chi connectivity index (χ1) is 8.45. The van der Waals surface area contributed by atoms with Gasteiger partial charge in [0.05, 0.1) is 0 Å². The third-order valence-corrected chi connectivity index (χ3v) is 0.877. The summed E-state index contributed by atoms with van der Waals surface area (Å²) in [6.07, 6.45) is 0. The minimum absolute atomic E-state index is 0. The van der Waals surface area contributed by atoms with Gasteiger partial charge in [-0.15, -0.1) is 0 Å². The Bertz CT molecular complexity index is 274. The summed E-state index contributed by atoms with van der Waals surface area (Å²) >= 11 is 0. The van der Waals surface area contributed by atoms with Crippen LogP contribution in [0.5, 0.6) is 0 Å². The average Bonchev–Trinajstić information content (AvgIpc) is 1.94. The van der Waals surface area contributed by atoms with Crippen LogP contribution in [0.2, 0.25) is 0 Å². The van der Waals surface area contributed by atoms with E-state index in [-0.39, 0.29) is 18.9 Å². The first-order valence-corrected chi connectivity index (χ1v) is 4.93. The summed E-state index contributed by atoms with van der Waals surface area (Å²) in [5.41, 5.74) is -5.53. The molecule has 7 N–H and O–H groups in total. The van der Waals surface area contributed by atoms with E-state index in [9.17, 15) is 26.1 Å². The summed E-state index contributed by atoms with van der Waals surface area (Å²) in [6, 6.07) is 0. The fourth-order valence-electron chi connectivity index (χ4n) is 0. The van der Waals surface area contributed by atoms with Crippen molar-refractivity contribution in [3.8, 4) is 0 Å². The minimum atomic E-state index is -5.84. The monoisotopic (exact) mass is 350 g/mol. The first kappa shape index (κ1) is 32.8. The van der Waals surface area contributed by atoms with E-state index in [2.05, 4.69) is 0 Å². The van der Waals surface area contributed by atoms with E-state index in [1.165, 1.54) is 0 Å². The van der Waals surface area contributed by atoms with E-state index < -0.39 is 37.8 Å². The van der Waals surface area contributed by atoms with Crippen molar-refractivity contribution in [2.24, 2.45) is 0 Å². The number of hydrogen-bond donors (Lipinski definition) is 7. The first-order valence-electron chi connectivity index (χ1n) is 3.49. The second-order valence-electron chi connectivity index (χ2n) is 1.85. The predicted octanol–water partition coefficient (Wildman–Crippen LogP) is -3.48. The van der Waals surface area contributed by atoms with Gasteiger partial charge in [-0.2, -0.15) is 21.6 Å². The van der Waals surface area contributed by atoms with Crippen molar-refractivity contribution in [2.75, 3.05) is 0 Å². The van der Waals surface area contributed by atoms with E-state index in [1.807, 2.05) is 0 Å². The van der Waals surface area contributed by atoms with E-state index in [1.54, 1.807) is 0 Å². The van der Waals surface area contributed by atoms with Crippen LogP contribution >= 0.6 is 0 Å². The maximum atomic E-state index is 10.7. The second-order valence-corrected chi connectivity index (χ2v) is 3.27. The van der Waals surface area contributed by atoms with Crippen molar-refractivity contribution in [1.29, 1.82) is 0 Å². The van der Waals surface area contributed by atoms with Gasteiger partial charge < -0.3 is 30.1 Å². The number of rotatable bonds is 0. The Morgan fingerprint density at radius 1 is 0.714 bits per heavy atom. The summed E-state index contributed by atoms with van der Waals surface area (Å²) in [6.45, 7) is 0. The molecule has 0 aromatic carbocycles. The van der Waals surface area contributed by atoms with Crippen molar-refractivity contribution in [3.63, 3.8) is 0 Å². The van der Waals surface area contributed by atoms with E-state index in [0.717, 1.165) is 0 Å². The van der Waals surface area contributed by atoms with Gasteiger partial charge in [0.15, 0.2) is 0 Å². The van der Waals surface area contributed by atoms with Crippen molar-refractivity contribution in [2.45, 2.75) is 5.51 Å². The molecule has 0 bridgehead atoms. The molecule has 124 valence electrons. The molecule has 0 aromatic rings. The zero-order chi connectivity index (χ0) is 17.7. The van der Waals surface area contributed by atoms with Gasteiger partial charge in [-0.25, -0.2) is 0 Å². The molecule has 0 spiro atoms. The van der Waals surface area contributed by atoms with Crippen molar-refractivity contribution < 1.29 is 69.2 Å². The average molecular weight is 349 g/mol. The van der Waals surface area contributed by atoms with Crippen LogP contribution in [0, 0.1) is 0 Å². The van der Waals surface area contributed by atoms with Crippen LogP contribution in [0.25, 0.3) is 0 Å². The molecule has 0 saturated heterocycles. The normalized spacial score (nSPS) is 9.19. The maximum absolute atomic E-state index is 10.7. The fourth-order valence-corrected chi connectivity index (χ4v) is 0. The van der Waals surface area contributed by atoms with Gasteiger partial charge in [-0.05, 0) is 0 Å². The van der Waals surface area contributed by atoms with Gasteiger partial charge in [0, 0.05) is 0 Å². The molecule has 21 heavy (non-hydrogen) atoms. The third-order valence-electron chi connectivity index (χ3n) is 0.292. The molecule has 0 heterocycles. The Hall–Kier alpha value is 0.0422. The molecule has 0 aliphatic carbocycles. The molecule has 0 unspecified atom stereocenters. The number of alkyl halides is 3. The molecular weight excluding hydrogens is 341 g/mol. The van der Waals surface area contributed by atoms with E-state index in [0.29, 0.717) is 0 Å². The molecule has 9 nitrogen and oxygen atoms in total. The Morgan fingerprint density at radius 3 is 0.762 bits per heavy atom. The Labute approximate surface area is 126 Å². The van der Waals surface area contributed by atoms with Gasteiger partial charge in [-0.3, -0.25) is 17.5 Å². The summed E-state index contributed by atoms with van der Waals surface area (Å²) in [7, 11) is -13.8. The topological polar surface area (TPSA) is 176 Å². The summed E-state index contributed by atoms with van der Waals surface area (Å²) in [5.74, 6) is 0. The quantitative estimate of drug-likeness (QED) is 0.101.